The second-order valence-electron chi connectivity index (χ2n) is 6.10. The molecule has 0 saturated heterocycles. The highest BCUT2D eigenvalue weighted by Crippen LogP contribution is 2.28. The summed E-state index contributed by atoms with van der Waals surface area (Å²) in [4.78, 5) is 0. The molecule has 0 amide bonds. The predicted molar refractivity (Wildman–Crippen MR) is 94.6 cm³/mol. The topological polar surface area (TPSA) is 30.1 Å². The van der Waals surface area contributed by atoms with Crippen LogP contribution >= 0.6 is 0 Å². The van der Waals surface area contributed by atoms with Gasteiger partial charge in [0.25, 0.3) is 0 Å². The normalized spacial score (nSPS) is 13.0. The Bertz CT molecular complexity index is 911. The van der Waals surface area contributed by atoms with Gasteiger partial charge in [0.2, 0.25) is 0 Å². The third-order valence-corrected chi connectivity index (χ3v) is 4.54. The van der Waals surface area contributed by atoms with Crippen LogP contribution in [-0.4, -0.2) is 20.3 Å². The van der Waals surface area contributed by atoms with Crippen molar-refractivity contribution in [2.75, 3.05) is 0 Å². The molecular weight excluding hydrogens is 284 g/mol. The Balaban J connectivity index is 1.74. The van der Waals surface area contributed by atoms with Crippen LogP contribution in [0.25, 0.3) is 21.8 Å². The van der Waals surface area contributed by atoms with Crippen molar-refractivity contribution in [1.82, 2.24) is 9.13 Å². The lowest BCUT2D eigenvalue weighted by molar-refractivity contribution is 0.136. The standard InChI is InChI=1S/C20H20N2O/c1-15-7-6-12-21(15)13-16(23)14-22-19-10-4-2-8-17(19)18-9-3-5-11-20(18)22/h2-12,16,23H,13-14H2,1H3. The minimum Gasteiger partial charge on any atom is -0.389 e. The molecule has 1 N–H and O–H groups in total. The van der Waals surface area contributed by atoms with E-state index >= 15 is 0 Å². The summed E-state index contributed by atoms with van der Waals surface area (Å²) in [7, 11) is 0. The second-order valence-corrected chi connectivity index (χ2v) is 6.10. The van der Waals surface area contributed by atoms with E-state index in [2.05, 4.69) is 70.7 Å². The van der Waals surface area contributed by atoms with E-state index in [0.717, 1.165) is 0 Å². The zero-order valence-corrected chi connectivity index (χ0v) is 13.2. The van der Waals surface area contributed by atoms with E-state index in [0.29, 0.717) is 13.1 Å². The van der Waals surface area contributed by atoms with Gasteiger partial charge in [-0.2, -0.15) is 0 Å². The first-order valence-corrected chi connectivity index (χ1v) is 8.00. The SMILES string of the molecule is Cc1cccn1CC(O)Cn1c2ccccc2c2ccccc21. The number of aromatic nitrogens is 2. The number of aliphatic hydroxyl groups is 1. The zero-order valence-electron chi connectivity index (χ0n) is 13.2. The smallest absolute Gasteiger partial charge is 0.0897 e. The monoisotopic (exact) mass is 304 g/mol. The van der Waals surface area contributed by atoms with Gasteiger partial charge in [0.15, 0.2) is 0 Å². The maximum absolute atomic E-state index is 10.6. The van der Waals surface area contributed by atoms with Gasteiger partial charge in [-0.05, 0) is 31.2 Å². The van der Waals surface area contributed by atoms with Crippen LogP contribution in [0.15, 0.2) is 66.9 Å². The predicted octanol–water partition coefficient (Wildman–Crippen LogP) is 3.97. The number of fused-ring (bicyclic) bond motifs is 3. The molecular formula is C20H20N2O. The summed E-state index contributed by atoms with van der Waals surface area (Å²) in [5, 5.41) is 13.1. The Labute approximate surface area is 135 Å². The lowest BCUT2D eigenvalue weighted by Crippen LogP contribution is -2.22. The molecule has 0 saturated carbocycles. The second kappa shape index (κ2) is 5.60. The minimum absolute atomic E-state index is 0.430. The van der Waals surface area contributed by atoms with Crippen molar-refractivity contribution >= 4 is 21.8 Å². The summed E-state index contributed by atoms with van der Waals surface area (Å²) in [6.45, 7) is 3.26. The molecule has 1 atom stereocenters. The number of aryl methyl sites for hydroxylation is 1. The van der Waals surface area contributed by atoms with E-state index in [9.17, 15) is 5.11 Å². The van der Waals surface area contributed by atoms with Crippen molar-refractivity contribution in [2.45, 2.75) is 26.1 Å². The van der Waals surface area contributed by atoms with E-state index in [-0.39, 0.29) is 0 Å². The molecule has 2 heterocycles. The van der Waals surface area contributed by atoms with Crippen molar-refractivity contribution in [3.63, 3.8) is 0 Å². The minimum atomic E-state index is -0.430. The molecule has 0 fully saturated rings. The molecule has 3 heteroatoms. The van der Waals surface area contributed by atoms with Crippen LogP contribution in [0.3, 0.4) is 0 Å². The van der Waals surface area contributed by atoms with Crippen LogP contribution < -0.4 is 0 Å². The molecule has 4 rings (SSSR count). The molecule has 0 aliphatic carbocycles. The third kappa shape index (κ3) is 2.43. The van der Waals surface area contributed by atoms with Gasteiger partial charge in [0, 0.05) is 40.2 Å². The maximum atomic E-state index is 10.6. The molecule has 23 heavy (non-hydrogen) atoms. The Morgan fingerprint density at radius 2 is 1.43 bits per heavy atom. The summed E-state index contributed by atoms with van der Waals surface area (Å²) in [6, 6.07) is 20.9. The van der Waals surface area contributed by atoms with Crippen LogP contribution in [0.2, 0.25) is 0 Å². The summed E-state index contributed by atoms with van der Waals surface area (Å²) in [5.74, 6) is 0. The molecule has 0 bridgehead atoms. The molecule has 3 nitrogen and oxygen atoms in total. The Morgan fingerprint density at radius 1 is 0.826 bits per heavy atom. The average molecular weight is 304 g/mol. The van der Waals surface area contributed by atoms with Crippen molar-refractivity contribution in [1.29, 1.82) is 0 Å². The van der Waals surface area contributed by atoms with Gasteiger partial charge in [-0.1, -0.05) is 36.4 Å². The van der Waals surface area contributed by atoms with Gasteiger partial charge in [0.05, 0.1) is 12.6 Å². The van der Waals surface area contributed by atoms with E-state index in [1.807, 2.05) is 12.3 Å². The molecule has 1 unspecified atom stereocenters. The van der Waals surface area contributed by atoms with Gasteiger partial charge in [-0.25, -0.2) is 0 Å². The van der Waals surface area contributed by atoms with E-state index in [1.54, 1.807) is 0 Å². The zero-order chi connectivity index (χ0) is 15.8. The Kier molecular flexibility index (Phi) is 3.43. The number of aliphatic hydroxyl groups excluding tert-OH is 1. The van der Waals surface area contributed by atoms with Crippen molar-refractivity contribution < 1.29 is 5.11 Å². The Hall–Kier alpha value is -2.52. The van der Waals surface area contributed by atoms with Crippen LogP contribution in [0.4, 0.5) is 0 Å². The highest BCUT2D eigenvalue weighted by molar-refractivity contribution is 6.07. The highest BCUT2D eigenvalue weighted by atomic mass is 16.3. The molecule has 116 valence electrons. The van der Waals surface area contributed by atoms with E-state index < -0.39 is 6.10 Å². The largest absolute Gasteiger partial charge is 0.389 e. The van der Waals surface area contributed by atoms with Crippen LogP contribution in [0.5, 0.6) is 0 Å². The number of nitrogens with zero attached hydrogens (tertiary/aromatic N) is 2. The van der Waals surface area contributed by atoms with Gasteiger partial charge >= 0.3 is 0 Å². The molecule has 0 aliphatic heterocycles. The van der Waals surface area contributed by atoms with Crippen LogP contribution in [0, 0.1) is 6.92 Å². The molecule has 0 radical (unpaired) electrons. The third-order valence-electron chi connectivity index (χ3n) is 4.54. The first kappa shape index (κ1) is 14.1. The van der Waals surface area contributed by atoms with E-state index in [4.69, 9.17) is 0 Å². The summed E-state index contributed by atoms with van der Waals surface area (Å²) < 4.78 is 4.33. The van der Waals surface area contributed by atoms with Crippen molar-refractivity contribution in [2.24, 2.45) is 0 Å². The lowest BCUT2D eigenvalue weighted by atomic mass is 10.2. The quantitative estimate of drug-likeness (QED) is 0.607. The van der Waals surface area contributed by atoms with Gasteiger partial charge < -0.3 is 14.2 Å². The molecule has 4 aromatic rings. The molecule has 0 aliphatic rings. The van der Waals surface area contributed by atoms with Crippen LogP contribution in [0.1, 0.15) is 5.69 Å². The average Bonchev–Trinajstić information content (AvgIpc) is 3.11. The van der Waals surface area contributed by atoms with E-state index in [1.165, 1.54) is 27.5 Å². The highest BCUT2D eigenvalue weighted by Gasteiger charge is 2.13. The maximum Gasteiger partial charge on any atom is 0.0897 e. The number of rotatable bonds is 4. The van der Waals surface area contributed by atoms with Crippen molar-refractivity contribution in [3.8, 4) is 0 Å². The summed E-state index contributed by atoms with van der Waals surface area (Å²) in [6.07, 6.45) is 1.59. The first-order valence-electron chi connectivity index (χ1n) is 8.00. The van der Waals surface area contributed by atoms with Crippen LogP contribution in [-0.2, 0) is 13.1 Å². The Morgan fingerprint density at radius 3 is 2.00 bits per heavy atom. The summed E-state index contributed by atoms with van der Waals surface area (Å²) >= 11 is 0. The fourth-order valence-corrected chi connectivity index (χ4v) is 3.40. The van der Waals surface area contributed by atoms with Gasteiger partial charge in [-0.15, -0.1) is 0 Å². The fraction of sp³-hybridized carbons (Fsp3) is 0.200. The number of para-hydroxylation sites is 2. The lowest BCUT2D eigenvalue weighted by Gasteiger charge is -2.16. The number of benzene rings is 2. The fourth-order valence-electron chi connectivity index (χ4n) is 3.40. The van der Waals surface area contributed by atoms with Crippen molar-refractivity contribution in [3.05, 3.63) is 72.6 Å². The van der Waals surface area contributed by atoms with Gasteiger partial charge in [-0.3, -0.25) is 0 Å². The first-order chi connectivity index (χ1) is 11.2. The van der Waals surface area contributed by atoms with Gasteiger partial charge in [0.1, 0.15) is 0 Å². The number of hydrogen-bond acceptors (Lipinski definition) is 1. The molecule has 2 aromatic carbocycles. The summed E-state index contributed by atoms with van der Waals surface area (Å²) in [5.41, 5.74) is 3.53. The number of hydrogen-bond donors (Lipinski definition) is 1. The molecule has 0 spiro atoms. The molecule has 2 aromatic heterocycles.